The lowest BCUT2D eigenvalue weighted by molar-refractivity contribution is 0.0704. The van der Waals surface area contributed by atoms with Gasteiger partial charge in [0.2, 0.25) is 0 Å². The third kappa shape index (κ3) is 3.33. The smallest absolute Gasteiger partial charge is 0.257 e. The first-order valence-corrected chi connectivity index (χ1v) is 6.29. The Kier molecular flexibility index (Phi) is 4.68. The van der Waals surface area contributed by atoms with E-state index in [0.717, 1.165) is 5.56 Å². The second-order valence-electron chi connectivity index (χ2n) is 4.33. The summed E-state index contributed by atoms with van der Waals surface area (Å²) in [5.74, 6) is -0.382. The van der Waals surface area contributed by atoms with Crippen molar-refractivity contribution < 1.29 is 15.0 Å². The van der Waals surface area contributed by atoms with Crippen LogP contribution in [-0.2, 0) is 6.54 Å². The minimum absolute atomic E-state index is 0.0633. The van der Waals surface area contributed by atoms with Gasteiger partial charge in [-0.1, -0.05) is 18.2 Å². The zero-order chi connectivity index (χ0) is 14.4. The first-order chi connectivity index (χ1) is 9.72. The second kappa shape index (κ2) is 6.68. The fourth-order valence-corrected chi connectivity index (χ4v) is 1.91. The van der Waals surface area contributed by atoms with Gasteiger partial charge in [0.1, 0.15) is 5.75 Å². The predicted octanol–water partition coefficient (Wildman–Crippen LogP) is 1.42. The number of pyridine rings is 1. The fourth-order valence-electron chi connectivity index (χ4n) is 1.91. The third-order valence-corrected chi connectivity index (χ3v) is 2.89. The molecule has 0 aliphatic heterocycles. The van der Waals surface area contributed by atoms with Crippen LogP contribution in [0.15, 0.2) is 48.8 Å². The summed E-state index contributed by atoms with van der Waals surface area (Å²) in [7, 11) is 0. The van der Waals surface area contributed by atoms with E-state index in [9.17, 15) is 9.90 Å². The number of hydrogen-bond acceptors (Lipinski definition) is 4. The number of carbonyl (C=O) groups excluding carboxylic acids is 1. The van der Waals surface area contributed by atoms with Crippen LogP contribution in [0.3, 0.4) is 0 Å². The lowest BCUT2D eigenvalue weighted by Gasteiger charge is -2.22. The molecule has 1 amide bonds. The second-order valence-corrected chi connectivity index (χ2v) is 4.33. The first kappa shape index (κ1) is 14.0. The Bertz CT molecular complexity index is 572. The molecule has 2 rings (SSSR count). The van der Waals surface area contributed by atoms with Crippen LogP contribution in [-0.4, -0.2) is 39.2 Å². The van der Waals surface area contributed by atoms with Gasteiger partial charge in [0.15, 0.2) is 0 Å². The third-order valence-electron chi connectivity index (χ3n) is 2.89. The van der Waals surface area contributed by atoms with E-state index >= 15 is 0 Å². The summed E-state index contributed by atoms with van der Waals surface area (Å²) < 4.78 is 0. The lowest BCUT2D eigenvalue weighted by Crippen LogP contribution is -2.33. The van der Waals surface area contributed by atoms with Crippen LogP contribution in [0.2, 0.25) is 0 Å². The van der Waals surface area contributed by atoms with Crippen LogP contribution in [0.4, 0.5) is 0 Å². The van der Waals surface area contributed by atoms with Gasteiger partial charge in [0, 0.05) is 25.5 Å². The quantitative estimate of drug-likeness (QED) is 0.863. The number of benzene rings is 1. The molecule has 0 aliphatic carbocycles. The zero-order valence-electron chi connectivity index (χ0n) is 10.9. The molecule has 0 saturated heterocycles. The maximum atomic E-state index is 12.4. The van der Waals surface area contributed by atoms with Gasteiger partial charge in [-0.05, 0) is 23.8 Å². The van der Waals surface area contributed by atoms with E-state index in [2.05, 4.69) is 4.98 Å². The van der Waals surface area contributed by atoms with Crippen LogP contribution in [0.25, 0.3) is 0 Å². The van der Waals surface area contributed by atoms with Gasteiger partial charge >= 0.3 is 0 Å². The van der Waals surface area contributed by atoms with Crippen molar-refractivity contribution in [3.05, 3.63) is 59.9 Å². The highest BCUT2D eigenvalue weighted by atomic mass is 16.3. The van der Waals surface area contributed by atoms with Gasteiger partial charge in [0.25, 0.3) is 5.91 Å². The number of phenols is 1. The molecule has 5 nitrogen and oxygen atoms in total. The van der Waals surface area contributed by atoms with Crippen molar-refractivity contribution in [2.24, 2.45) is 0 Å². The normalized spacial score (nSPS) is 10.2. The molecule has 0 bridgehead atoms. The molecule has 1 heterocycles. The Hall–Kier alpha value is -2.40. The highest BCUT2D eigenvalue weighted by Gasteiger charge is 2.18. The first-order valence-electron chi connectivity index (χ1n) is 6.29. The number of phenolic OH excluding ortho intramolecular Hbond substituents is 1. The summed E-state index contributed by atoms with van der Waals surface area (Å²) in [6, 6.07) is 10.0. The predicted molar refractivity (Wildman–Crippen MR) is 74.2 cm³/mol. The summed E-state index contributed by atoms with van der Waals surface area (Å²) in [6.45, 7) is 0.392. The Labute approximate surface area is 117 Å². The number of aliphatic hydroxyl groups excluding tert-OH is 1. The minimum Gasteiger partial charge on any atom is -0.507 e. The molecule has 2 N–H and O–H groups in total. The largest absolute Gasteiger partial charge is 0.507 e. The van der Waals surface area contributed by atoms with E-state index in [1.54, 1.807) is 36.7 Å². The number of amides is 1. The number of aromatic nitrogens is 1. The van der Waals surface area contributed by atoms with Crippen LogP contribution in [0.5, 0.6) is 5.75 Å². The van der Waals surface area contributed by atoms with E-state index in [0.29, 0.717) is 6.54 Å². The number of aromatic hydroxyl groups is 1. The number of para-hydroxylation sites is 1. The maximum Gasteiger partial charge on any atom is 0.257 e. The average Bonchev–Trinajstić information content (AvgIpc) is 2.48. The van der Waals surface area contributed by atoms with E-state index in [1.165, 1.54) is 11.0 Å². The molecular formula is C15H16N2O3. The molecule has 104 valence electrons. The molecule has 0 aliphatic rings. The average molecular weight is 272 g/mol. The molecular weight excluding hydrogens is 256 g/mol. The van der Waals surface area contributed by atoms with Crippen molar-refractivity contribution >= 4 is 5.91 Å². The van der Waals surface area contributed by atoms with E-state index < -0.39 is 0 Å². The van der Waals surface area contributed by atoms with Crippen molar-refractivity contribution in [2.75, 3.05) is 13.2 Å². The molecule has 1 aromatic carbocycles. The Morgan fingerprint density at radius 3 is 2.65 bits per heavy atom. The van der Waals surface area contributed by atoms with Crippen molar-refractivity contribution in [1.29, 1.82) is 0 Å². The molecule has 5 heteroatoms. The Morgan fingerprint density at radius 1 is 1.20 bits per heavy atom. The lowest BCUT2D eigenvalue weighted by atomic mass is 10.1. The van der Waals surface area contributed by atoms with Gasteiger partial charge in [0.05, 0.1) is 12.2 Å². The molecule has 0 radical (unpaired) electrons. The fraction of sp³-hybridized carbons (Fsp3) is 0.200. The molecule has 0 saturated carbocycles. The molecule has 0 atom stereocenters. The van der Waals surface area contributed by atoms with Gasteiger partial charge < -0.3 is 15.1 Å². The van der Waals surface area contributed by atoms with Crippen molar-refractivity contribution in [3.8, 4) is 5.75 Å². The Morgan fingerprint density at radius 2 is 2.00 bits per heavy atom. The summed E-state index contributed by atoms with van der Waals surface area (Å²) in [5.41, 5.74) is 1.09. The molecule has 0 unspecified atom stereocenters. The molecule has 1 aromatic heterocycles. The number of aliphatic hydroxyl groups is 1. The monoisotopic (exact) mass is 272 g/mol. The van der Waals surface area contributed by atoms with E-state index in [1.807, 2.05) is 6.07 Å². The maximum absolute atomic E-state index is 12.4. The highest BCUT2D eigenvalue weighted by Crippen LogP contribution is 2.18. The van der Waals surface area contributed by atoms with E-state index in [-0.39, 0.29) is 30.4 Å². The summed E-state index contributed by atoms with van der Waals surface area (Å²) in [5, 5.41) is 18.8. The van der Waals surface area contributed by atoms with E-state index in [4.69, 9.17) is 5.11 Å². The highest BCUT2D eigenvalue weighted by molar-refractivity contribution is 5.96. The van der Waals surface area contributed by atoms with Crippen LogP contribution in [0, 0.1) is 0 Å². The topological polar surface area (TPSA) is 73.7 Å². The number of rotatable bonds is 5. The molecule has 20 heavy (non-hydrogen) atoms. The van der Waals surface area contributed by atoms with Gasteiger partial charge in [-0.3, -0.25) is 9.78 Å². The number of nitrogens with zero attached hydrogens (tertiary/aromatic N) is 2. The van der Waals surface area contributed by atoms with Crippen LogP contribution in [0.1, 0.15) is 15.9 Å². The molecule has 2 aromatic rings. The summed E-state index contributed by atoms with van der Waals surface area (Å²) in [6.07, 6.45) is 3.33. The zero-order valence-corrected chi connectivity index (χ0v) is 10.9. The summed E-state index contributed by atoms with van der Waals surface area (Å²) in [4.78, 5) is 17.9. The van der Waals surface area contributed by atoms with Gasteiger partial charge in [-0.15, -0.1) is 0 Å². The number of carbonyl (C=O) groups is 1. The van der Waals surface area contributed by atoms with Gasteiger partial charge in [-0.25, -0.2) is 0 Å². The minimum atomic E-state index is -0.319. The SMILES string of the molecule is O=C(c1ccccc1O)N(CCO)Cc1cccnc1. The standard InChI is InChI=1S/C15H16N2O3/c18-9-8-17(11-12-4-3-7-16-10-12)15(20)13-5-1-2-6-14(13)19/h1-7,10,18-19H,8-9,11H2. The van der Waals surface area contributed by atoms with Gasteiger partial charge in [-0.2, -0.15) is 0 Å². The van der Waals surface area contributed by atoms with Crippen molar-refractivity contribution in [3.63, 3.8) is 0 Å². The van der Waals surface area contributed by atoms with Crippen molar-refractivity contribution in [2.45, 2.75) is 6.54 Å². The van der Waals surface area contributed by atoms with Crippen molar-refractivity contribution in [1.82, 2.24) is 9.88 Å². The number of hydrogen-bond donors (Lipinski definition) is 2. The van der Waals surface area contributed by atoms with Crippen LogP contribution < -0.4 is 0 Å². The molecule has 0 fully saturated rings. The molecule has 0 spiro atoms. The Balaban J connectivity index is 2.20. The summed E-state index contributed by atoms with van der Waals surface area (Å²) >= 11 is 0. The van der Waals surface area contributed by atoms with Crippen LogP contribution >= 0.6 is 0 Å².